The number of benzene rings is 1. The van der Waals surface area contributed by atoms with Gasteiger partial charge < -0.3 is 5.73 Å². The summed E-state index contributed by atoms with van der Waals surface area (Å²) in [6, 6.07) is 9.22. The lowest BCUT2D eigenvalue weighted by molar-refractivity contribution is 0.664. The highest BCUT2D eigenvalue weighted by atomic mass is 32.1. The highest BCUT2D eigenvalue weighted by molar-refractivity contribution is 7.20. The van der Waals surface area contributed by atoms with Crippen molar-refractivity contribution in [2.24, 2.45) is 5.73 Å². The second-order valence-electron chi connectivity index (χ2n) is 5.55. The molecule has 2 aromatic rings. The second kappa shape index (κ2) is 3.86. The van der Waals surface area contributed by atoms with Crippen LogP contribution in [-0.2, 0) is 0 Å². The van der Waals surface area contributed by atoms with E-state index in [1.807, 2.05) is 11.3 Å². The van der Waals surface area contributed by atoms with E-state index in [-0.39, 0.29) is 0 Å². The van der Waals surface area contributed by atoms with Crippen LogP contribution >= 0.6 is 11.3 Å². The molecule has 0 bridgehead atoms. The van der Waals surface area contributed by atoms with Crippen LogP contribution in [0.4, 0.5) is 0 Å². The largest absolute Gasteiger partial charge is 0.398 e. The number of fused-ring (bicyclic) bond motifs is 1. The van der Waals surface area contributed by atoms with Gasteiger partial charge in [0.15, 0.2) is 0 Å². The third-order valence-electron chi connectivity index (χ3n) is 4.19. The highest BCUT2D eigenvalue weighted by Crippen LogP contribution is 2.42. The molecule has 0 aliphatic heterocycles. The number of thiophene rings is 1. The minimum absolute atomic E-state index is 0.833. The molecule has 1 aromatic carbocycles. The van der Waals surface area contributed by atoms with E-state index in [1.54, 1.807) is 0 Å². The van der Waals surface area contributed by atoms with Gasteiger partial charge in [-0.2, -0.15) is 0 Å². The molecule has 2 aliphatic rings. The minimum atomic E-state index is 0.833. The molecular weight excluding hydrogens is 238 g/mol. The predicted octanol–water partition coefficient (Wildman–Crippen LogP) is 4.63. The summed E-state index contributed by atoms with van der Waals surface area (Å²) in [4.78, 5) is 1.27. The van der Waals surface area contributed by atoms with Crippen molar-refractivity contribution in [2.75, 3.05) is 0 Å². The van der Waals surface area contributed by atoms with Crippen LogP contribution in [0.1, 0.15) is 48.5 Å². The molecule has 1 heterocycles. The van der Waals surface area contributed by atoms with Crippen molar-refractivity contribution in [3.63, 3.8) is 0 Å². The monoisotopic (exact) mass is 255 g/mol. The molecule has 4 rings (SSSR count). The van der Waals surface area contributed by atoms with Crippen molar-refractivity contribution in [1.29, 1.82) is 0 Å². The Morgan fingerprint density at radius 3 is 2.67 bits per heavy atom. The average molecular weight is 255 g/mol. The summed E-state index contributed by atoms with van der Waals surface area (Å²) in [5.41, 5.74) is 10.3. The van der Waals surface area contributed by atoms with Crippen molar-refractivity contribution in [3.8, 4) is 0 Å². The van der Waals surface area contributed by atoms with Crippen molar-refractivity contribution in [1.82, 2.24) is 0 Å². The first-order chi connectivity index (χ1) is 8.81. The zero-order valence-corrected chi connectivity index (χ0v) is 11.2. The maximum Gasteiger partial charge on any atom is 0.0512 e. The van der Waals surface area contributed by atoms with Gasteiger partial charge >= 0.3 is 0 Å². The first-order valence-corrected chi connectivity index (χ1v) is 7.64. The van der Waals surface area contributed by atoms with E-state index in [0.717, 1.165) is 11.6 Å². The number of hydrogen-bond donors (Lipinski definition) is 1. The smallest absolute Gasteiger partial charge is 0.0512 e. The maximum absolute atomic E-state index is 6.26. The quantitative estimate of drug-likeness (QED) is 0.831. The Balaban J connectivity index is 1.78. The molecule has 0 atom stereocenters. The number of rotatable bonds is 2. The molecule has 92 valence electrons. The summed E-state index contributed by atoms with van der Waals surface area (Å²) in [6.07, 6.45) is 6.46. The van der Waals surface area contributed by atoms with Gasteiger partial charge in [0.05, 0.1) is 4.88 Å². The van der Waals surface area contributed by atoms with Crippen LogP contribution in [0.2, 0.25) is 0 Å². The van der Waals surface area contributed by atoms with Gasteiger partial charge in [-0.15, -0.1) is 11.3 Å². The molecule has 0 unspecified atom stereocenters. The standard InChI is InChI=1S/C16H17NS/c17-16(11-2-1-3-11)15-9-13-8-12(10-4-5-10)6-7-14(13)18-15/h6-10H,1-5,17H2. The molecule has 2 aliphatic carbocycles. The van der Waals surface area contributed by atoms with E-state index in [9.17, 15) is 0 Å². The Hall–Kier alpha value is -1.28. The van der Waals surface area contributed by atoms with Gasteiger partial charge in [-0.3, -0.25) is 0 Å². The predicted molar refractivity (Wildman–Crippen MR) is 78.8 cm³/mol. The van der Waals surface area contributed by atoms with Crippen molar-refractivity contribution in [3.05, 3.63) is 40.3 Å². The molecule has 1 nitrogen and oxygen atoms in total. The normalized spacial score (nSPS) is 19.0. The summed E-state index contributed by atoms with van der Waals surface area (Å²) < 4.78 is 1.37. The Morgan fingerprint density at radius 2 is 2.00 bits per heavy atom. The van der Waals surface area contributed by atoms with E-state index in [4.69, 9.17) is 5.73 Å². The van der Waals surface area contributed by atoms with Crippen molar-refractivity contribution >= 4 is 27.1 Å². The van der Waals surface area contributed by atoms with E-state index >= 15 is 0 Å². The lowest BCUT2D eigenvalue weighted by Crippen LogP contribution is -2.06. The average Bonchev–Trinajstić information content (AvgIpc) is 3.05. The molecule has 18 heavy (non-hydrogen) atoms. The third-order valence-corrected chi connectivity index (χ3v) is 5.34. The van der Waals surface area contributed by atoms with Gasteiger partial charge in [-0.25, -0.2) is 0 Å². The second-order valence-corrected chi connectivity index (χ2v) is 6.64. The maximum atomic E-state index is 6.26. The Bertz CT molecular complexity index is 640. The number of allylic oxidation sites excluding steroid dienone is 1. The van der Waals surface area contributed by atoms with E-state index < -0.39 is 0 Å². The zero-order chi connectivity index (χ0) is 12.1. The molecule has 0 amide bonds. The summed E-state index contributed by atoms with van der Waals surface area (Å²) in [6.45, 7) is 0. The molecule has 0 spiro atoms. The van der Waals surface area contributed by atoms with Gasteiger partial charge in [0.1, 0.15) is 0 Å². The Labute approximate surface area is 111 Å². The SMILES string of the molecule is NC(=C1CCC1)c1cc2cc(C3CC3)ccc2s1. The lowest BCUT2D eigenvalue weighted by Gasteiger charge is -2.18. The topological polar surface area (TPSA) is 26.0 Å². The fraction of sp³-hybridized carbons (Fsp3) is 0.375. The molecule has 0 saturated heterocycles. The van der Waals surface area contributed by atoms with Gasteiger partial charge in [-0.1, -0.05) is 12.1 Å². The lowest BCUT2D eigenvalue weighted by atomic mass is 9.90. The van der Waals surface area contributed by atoms with Crippen LogP contribution in [-0.4, -0.2) is 0 Å². The van der Waals surface area contributed by atoms with Crippen molar-refractivity contribution in [2.45, 2.75) is 38.0 Å². The molecule has 2 fully saturated rings. The van der Waals surface area contributed by atoms with Crippen LogP contribution in [0.15, 0.2) is 29.8 Å². The zero-order valence-electron chi connectivity index (χ0n) is 10.4. The van der Waals surface area contributed by atoms with Crippen LogP contribution in [0.3, 0.4) is 0 Å². The van der Waals surface area contributed by atoms with E-state index in [1.165, 1.54) is 58.2 Å². The molecular formula is C16H17NS. The summed E-state index contributed by atoms with van der Waals surface area (Å²) >= 11 is 1.84. The first-order valence-electron chi connectivity index (χ1n) is 6.82. The van der Waals surface area contributed by atoms with Crippen LogP contribution in [0.25, 0.3) is 15.8 Å². The first kappa shape index (κ1) is 10.6. The fourth-order valence-electron chi connectivity index (χ4n) is 2.66. The Morgan fingerprint density at radius 1 is 1.17 bits per heavy atom. The number of hydrogen-bond acceptors (Lipinski definition) is 2. The summed E-state index contributed by atoms with van der Waals surface area (Å²) in [5.74, 6) is 0.833. The summed E-state index contributed by atoms with van der Waals surface area (Å²) in [7, 11) is 0. The molecule has 0 radical (unpaired) electrons. The highest BCUT2D eigenvalue weighted by Gasteiger charge is 2.23. The molecule has 2 saturated carbocycles. The van der Waals surface area contributed by atoms with Crippen LogP contribution < -0.4 is 5.73 Å². The third kappa shape index (κ3) is 1.67. The molecule has 2 N–H and O–H groups in total. The fourth-order valence-corrected chi connectivity index (χ4v) is 3.71. The van der Waals surface area contributed by atoms with E-state index in [0.29, 0.717) is 0 Å². The van der Waals surface area contributed by atoms with Gasteiger partial charge in [0, 0.05) is 10.4 Å². The van der Waals surface area contributed by atoms with Gasteiger partial charge in [-0.05, 0) is 66.7 Å². The van der Waals surface area contributed by atoms with Gasteiger partial charge in [0.25, 0.3) is 0 Å². The Kier molecular flexibility index (Phi) is 2.28. The van der Waals surface area contributed by atoms with Gasteiger partial charge in [0.2, 0.25) is 0 Å². The van der Waals surface area contributed by atoms with Crippen LogP contribution in [0, 0.1) is 0 Å². The minimum Gasteiger partial charge on any atom is -0.398 e. The molecule has 1 aromatic heterocycles. The van der Waals surface area contributed by atoms with E-state index in [2.05, 4.69) is 24.3 Å². The van der Waals surface area contributed by atoms with Crippen LogP contribution in [0.5, 0.6) is 0 Å². The van der Waals surface area contributed by atoms with Crippen molar-refractivity contribution < 1.29 is 0 Å². The number of nitrogens with two attached hydrogens (primary N) is 1. The summed E-state index contributed by atoms with van der Waals surface area (Å²) in [5, 5.41) is 1.38. The molecule has 2 heteroatoms.